The fourth-order valence-corrected chi connectivity index (χ4v) is 1.66. The summed E-state index contributed by atoms with van der Waals surface area (Å²) in [7, 11) is 1.29. The monoisotopic (exact) mass is 299 g/mol. The first-order valence-corrected chi connectivity index (χ1v) is 5.50. The molecule has 0 amide bonds. The predicted octanol–water partition coefficient (Wildman–Crippen LogP) is 2.91. The molecule has 0 saturated heterocycles. The van der Waals surface area contributed by atoms with E-state index in [9.17, 15) is 18.3 Å². The molecular weight excluding hydrogens is 283 g/mol. The van der Waals surface area contributed by atoms with Crippen molar-refractivity contribution in [3.8, 4) is 5.75 Å². The lowest BCUT2D eigenvalue weighted by Crippen LogP contribution is -2.28. The summed E-state index contributed by atoms with van der Waals surface area (Å²) >= 11 is 0. The molecule has 0 heterocycles. The molecule has 19 heavy (non-hydrogen) atoms. The van der Waals surface area contributed by atoms with Gasteiger partial charge in [-0.2, -0.15) is 13.2 Å². The number of ether oxygens (including phenoxy) is 1. The van der Waals surface area contributed by atoms with Crippen molar-refractivity contribution in [2.75, 3.05) is 7.11 Å². The average Bonchev–Trinajstić information content (AvgIpc) is 2.35. The van der Waals surface area contributed by atoms with E-state index in [1.807, 2.05) is 0 Å². The number of hydrogen-bond donors (Lipinski definition) is 2. The summed E-state index contributed by atoms with van der Waals surface area (Å²) in [5.41, 5.74) is 4.65. The Balaban J connectivity index is 0.00000324. The second kappa shape index (κ2) is 6.98. The first kappa shape index (κ1) is 18.0. The van der Waals surface area contributed by atoms with Crippen LogP contribution >= 0.6 is 12.4 Å². The van der Waals surface area contributed by atoms with Crippen LogP contribution in [0, 0.1) is 0 Å². The van der Waals surface area contributed by atoms with E-state index in [2.05, 4.69) is 0 Å². The number of alkyl halides is 3. The smallest absolute Gasteiger partial charge is 0.416 e. The van der Waals surface area contributed by atoms with E-state index in [-0.39, 0.29) is 30.1 Å². The van der Waals surface area contributed by atoms with Crippen molar-refractivity contribution in [3.05, 3.63) is 29.3 Å². The molecule has 0 aromatic heterocycles. The van der Waals surface area contributed by atoms with E-state index in [4.69, 9.17) is 10.5 Å². The van der Waals surface area contributed by atoms with Crippen LogP contribution in [-0.4, -0.2) is 18.3 Å². The van der Waals surface area contributed by atoms with Gasteiger partial charge < -0.3 is 15.6 Å². The number of halogens is 4. The topological polar surface area (TPSA) is 55.5 Å². The van der Waals surface area contributed by atoms with Crippen LogP contribution in [0.15, 0.2) is 18.2 Å². The highest BCUT2D eigenvalue weighted by molar-refractivity contribution is 5.85. The molecule has 110 valence electrons. The molecule has 7 heteroatoms. The molecule has 0 aliphatic rings. The van der Waals surface area contributed by atoms with E-state index in [1.54, 1.807) is 6.92 Å². The Morgan fingerprint density at radius 2 is 1.95 bits per heavy atom. The number of benzene rings is 1. The van der Waals surface area contributed by atoms with Gasteiger partial charge in [0.1, 0.15) is 5.75 Å². The molecule has 0 aliphatic heterocycles. The molecule has 0 radical (unpaired) electrons. The van der Waals surface area contributed by atoms with Crippen LogP contribution in [0.3, 0.4) is 0 Å². The summed E-state index contributed by atoms with van der Waals surface area (Å²) in [6.07, 6.45) is -5.26. The van der Waals surface area contributed by atoms with E-state index in [0.717, 1.165) is 6.07 Å². The fraction of sp³-hybridized carbons (Fsp3) is 0.500. The van der Waals surface area contributed by atoms with Gasteiger partial charge in [0.25, 0.3) is 0 Å². The molecule has 1 aromatic rings. The highest BCUT2D eigenvalue weighted by atomic mass is 35.5. The number of aliphatic hydroxyl groups is 1. The Morgan fingerprint density at radius 3 is 2.37 bits per heavy atom. The van der Waals surface area contributed by atoms with Gasteiger partial charge in [-0.1, -0.05) is 13.0 Å². The van der Waals surface area contributed by atoms with Crippen molar-refractivity contribution < 1.29 is 23.0 Å². The van der Waals surface area contributed by atoms with Gasteiger partial charge >= 0.3 is 6.18 Å². The van der Waals surface area contributed by atoms with Crippen LogP contribution in [0.2, 0.25) is 0 Å². The van der Waals surface area contributed by atoms with Gasteiger partial charge in [0.2, 0.25) is 0 Å². The van der Waals surface area contributed by atoms with Crippen LogP contribution < -0.4 is 10.5 Å². The maximum Gasteiger partial charge on any atom is 0.416 e. The van der Waals surface area contributed by atoms with E-state index in [1.165, 1.54) is 19.2 Å². The number of methoxy groups -OCH3 is 1. The van der Waals surface area contributed by atoms with Crippen LogP contribution in [0.25, 0.3) is 0 Å². The van der Waals surface area contributed by atoms with E-state index >= 15 is 0 Å². The molecule has 0 saturated carbocycles. The first-order chi connectivity index (χ1) is 8.31. The highest BCUT2D eigenvalue weighted by Gasteiger charge is 2.36. The van der Waals surface area contributed by atoms with Crippen molar-refractivity contribution in [1.82, 2.24) is 0 Å². The second-order valence-corrected chi connectivity index (χ2v) is 3.95. The largest absolute Gasteiger partial charge is 0.497 e. The molecule has 2 atom stereocenters. The Bertz CT molecular complexity index is 412. The van der Waals surface area contributed by atoms with Crippen LogP contribution in [0.4, 0.5) is 13.2 Å². The van der Waals surface area contributed by atoms with Gasteiger partial charge in [0.05, 0.1) is 24.8 Å². The zero-order valence-corrected chi connectivity index (χ0v) is 11.4. The third-order valence-corrected chi connectivity index (χ3v) is 2.76. The Morgan fingerprint density at radius 1 is 1.37 bits per heavy atom. The average molecular weight is 300 g/mol. The van der Waals surface area contributed by atoms with Gasteiger partial charge in [-0.05, 0) is 24.1 Å². The fourth-order valence-electron chi connectivity index (χ4n) is 1.66. The third kappa shape index (κ3) is 4.26. The molecule has 0 unspecified atom stereocenters. The first-order valence-electron chi connectivity index (χ1n) is 5.50. The summed E-state index contributed by atoms with van der Waals surface area (Å²) in [6.45, 7) is 1.65. The minimum atomic E-state index is -4.53. The summed E-state index contributed by atoms with van der Waals surface area (Å²) < 4.78 is 43.5. The third-order valence-electron chi connectivity index (χ3n) is 2.76. The molecule has 1 rings (SSSR count). The lowest BCUT2D eigenvalue weighted by atomic mass is 9.95. The predicted molar refractivity (Wildman–Crippen MR) is 68.5 cm³/mol. The second-order valence-electron chi connectivity index (χ2n) is 3.95. The SMILES string of the molecule is CC[C@H](O)[C@H](N)c1ccc(OC)cc1C(F)(F)F.Cl. The minimum Gasteiger partial charge on any atom is -0.497 e. The molecule has 3 N–H and O–H groups in total. The summed E-state index contributed by atoms with van der Waals surface area (Å²) in [4.78, 5) is 0. The minimum absolute atomic E-state index is 0. The standard InChI is InChI=1S/C12H16F3NO2.ClH/c1-3-10(17)11(16)8-5-4-7(18-2)6-9(8)12(13,14)15;/h4-6,10-11,17H,3,16H2,1-2H3;1H/t10-,11+;/m0./s1. The van der Waals surface area contributed by atoms with Crippen LogP contribution in [0.1, 0.15) is 30.5 Å². The van der Waals surface area contributed by atoms with Crippen LogP contribution in [0.5, 0.6) is 5.75 Å². The van der Waals surface area contributed by atoms with Crippen molar-refractivity contribution in [1.29, 1.82) is 0 Å². The summed E-state index contributed by atoms with van der Waals surface area (Å²) in [6, 6.07) is 2.45. The molecule has 0 bridgehead atoms. The molecule has 1 aromatic carbocycles. The van der Waals surface area contributed by atoms with E-state index < -0.39 is 23.9 Å². The molecule has 0 fully saturated rings. The summed E-state index contributed by atoms with van der Waals surface area (Å²) in [5, 5.41) is 9.57. The van der Waals surface area contributed by atoms with E-state index in [0.29, 0.717) is 0 Å². The van der Waals surface area contributed by atoms with Gasteiger partial charge in [-0.15, -0.1) is 12.4 Å². The van der Waals surface area contributed by atoms with Gasteiger partial charge in [-0.3, -0.25) is 0 Å². The quantitative estimate of drug-likeness (QED) is 0.899. The maximum atomic E-state index is 12.9. The Kier molecular flexibility index (Phi) is 6.62. The Labute approximate surface area is 116 Å². The zero-order chi connectivity index (χ0) is 13.9. The molecule has 0 spiro atoms. The number of hydrogen-bond acceptors (Lipinski definition) is 3. The van der Waals surface area contributed by atoms with Gasteiger partial charge in [-0.25, -0.2) is 0 Å². The lowest BCUT2D eigenvalue weighted by Gasteiger charge is -2.22. The molecule has 3 nitrogen and oxygen atoms in total. The zero-order valence-electron chi connectivity index (χ0n) is 10.6. The number of rotatable bonds is 4. The number of nitrogens with two attached hydrogens (primary N) is 1. The van der Waals surface area contributed by atoms with Crippen LogP contribution in [-0.2, 0) is 6.18 Å². The van der Waals surface area contributed by atoms with Gasteiger partial charge in [0.15, 0.2) is 0 Å². The van der Waals surface area contributed by atoms with Crippen molar-refractivity contribution >= 4 is 12.4 Å². The van der Waals surface area contributed by atoms with Gasteiger partial charge in [0, 0.05) is 0 Å². The van der Waals surface area contributed by atoms with Crippen molar-refractivity contribution in [3.63, 3.8) is 0 Å². The van der Waals surface area contributed by atoms with Crippen molar-refractivity contribution in [2.24, 2.45) is 5.73 Å². The summed E-state index contributed by atoms with van der Waals surface area (Å²) in [5.74, 6) is 0.101. The van der Waals surface area contributed by atoms with Crippen molar-refractivity contribution in [2.45, 2.75) is 31.7 Å². The molecular formula is C12H17ClF3NO2. The maximum absolute atomic E-state index is 12.9. The normalized spacial score (nSPS) is 14.5. The molecule has 0 aliphatic carbocycles. The highest BCUT2D eigenvalue weighted by Crippen LogP contribution is 2.37. The lowest BCUT2D eigenvalue weighted by molar-refractivity contribution is -0.138. The number of aliphatic hydroxyl groups excluding tert-OH is 1. The Hall–Kier alpha value is -0.980.